The number of anilines is 1. The number of hydrogen-bond donors (Lipinski definition) is 2. The number of carboxylic acid groups (broad SMARTS) is 1. The highest BCUT2D eigenvalue weighted by atomic mass is 35.5. The van der Waals surface area contributed by atoms with E-state index in [2.05, 4.69) is 20.3 Å². The maximum Gasteiger partial charge on any atom is 0.370 e. The third-order valence-electron chi connectivity index (χ3n) is 5.66. The van der Waals surface area contributed by atoms with E-state index in [1.54, 1.807) is 18.5 Å². The molecule has 33 heavy (non-hydrogen) atoms. The van der Waals surface area contributed by atoms with Crippen LogP contribution in [0.1, 0.15) is 26.3 Å². The van der Waals surface area contributed by atoms with Crippen LogP contribution < -0.4 is 5.73 Å². The zero-order chi connectivity index (χ0) is 24.1. The zero-order valence-electron chi connectivity index (χ0n) is 18.2. The molecule has 1 unspecified atom stereocenters. The van der Waals surface area contributed by atoms with E-state index >= 15 is 0 Å². The molecule has 0 bridgehead atoms. The Hall–Kier alpha value is -1.93. The van der Waals surface area contributed by atoms with Gasteiger partial charge in [0.2, 0.25) is 5.28 Å². The molecule has 14 nitrogen and oxygen atoms in total. The monoisotopic (exact) mass is 506 g/mol. The largest absolute Gasteiger partial charge is 0.479 e. The molecule has 2 fully saturated rings. The Morgan fingerprint density at radius 2 is 2.00 bits per heavy atom. The molecule has 2 aromatic rings. The molecule has 3 heterocycles. The summed E-state index contributed by atoms with van der Waals surface area (Å²) in [5, 5.41) is 17.7. The van der Waals surface area contributed by atoms with Gasteiger partial charge in [-0.25, -0.2) is 9.48 Å². The lowest BCUT2D eigenvalue weighted by Gasteiger charge is -2.25. The average molecular weight is 507 g/mol. The Bertz CT molecular complexity index is 1110. The SMILES string of the molecule is COP(=O)(OC)C(OC[C@H]1C[C@@H](n2nnc3c(N)nc(Cl)nc32)[C@@H]2OC(C)(C)O[C@H]12)C(=O)O. The van der Waals surface area contributed by atoms with E-state index < -0.39 is 43.4 Å². The van der Waals surface area contributed by atoms with Crippen molar-refractivity contribution in [2.45, 2.75) is 50.2 Å². The predicted molar refractivity (Wildman–Crippen MR) is 113 cm³/mol. The van der Waals surface area contributed by atoms with Crippen LogP contribution in [0.3, 0.4) is 0 Å². The van der Waals surface area contributed by atoms with E-state index in [1.165, 1.54) is 0 Å². The fraction of sp³-hybridized carbons (Fsp3) is 0.706. The Labute approximate surface area is 193 Å². The summed E-state index contributed by atoms with van der Waals surface area (Å²) in [6, 6.07) is -0.402. The van der Waals surface area contributed by atoms with Crippen LogP contribution in [0.5, 0.6) is 0 Å². The highest BCUT2D eigenvalue weighted by Crippen LogP contribution is 2.53. The third-order valence-corrected chi connectivity index (χ3v) is 7.80. The zero-order valence-corrected chi connectivity index (χ0v) is 19.9. The van der Waals surface area contributed by atoms with E-state index in [4.69, 9.17) is 40.6 Å². The number of nitrogens with two attached hydrogens (primary N) is 1. The van der Waals surface area contributed by atoms with Gasteiger partial charge in [-0.2, -0.15) is 9.97 Å². The minimum absolute atomic E-state index is 0.0546. The van der Waals surface area contributed by atoms with Crippen molar-refractivity contribution in [3.8, 4) is 0 Å². The van der Waals surface area contributed by atoms with E-state index in [-0.39, 0.29) is 23.6 Å². The number of hydrogen-bond acceptors (Lipinski definition) is 12. The summed E-state index contributed by atoms with van der Waals surface area (Å²) in [6.07, 6.45) is -0.548. The molecule has 0 radical (unpaired) electrons. The average Bonchev–Trinajstić information content (AvgIpc) is 3.38. The first-order chi connectivity index (χ1) is 15.5. The van der Waals surface area contributed by atoms with Crippen molar-refractivity contribution >= 4 is 42.1 Å². The molecule has 1 aliphatic carbocycles. The topological polar surface area (TPSA) is 183 Å². The molecule has 182 valence electrons. The van der Waals surface area contributed by atoms with Crippen molar-refractivity contribution in [1.82, 2.24) is 25.0 Å². The van der Waals surface area contributed by atoms with Crippen molar-refractivity contribution in [2.75, 3.05) is 26.6 Å². The van der Waals surface area contributed by atoms with Gasteiger partial charge >= 0.3 is 13.6 Å². The molecule has 2 aromatic heterocycles. The lowest BCUT2D eigenvalue weighted by Crippen LogP contribution is -2.32. The first-order valence-corrected chi connectivity index (χ1v) is 11.9. The minimum atomic E-state index is -4.03. The highest BCUT2D eigenvalue weighted by molar-refractivity contribution is 7.55. The Balaban J connectivity index is 1.63. The molecule has 0 amide bonds. The molecule has 0 aromatic carbocycles. The third kappa shape index (κ3) is 4.32. The maximum atomic E-state index is 12.6. The first kappa shape index (κ1) is 24.2. The van der Waals surface area contributed by atoms with E-state index in [0.717, 1.165) is 14.2 Å². The van der Waals surface area contributed by atoms with Gasteiger partial charge in [0, 0.05) is 20.1 Å². The summed E-state index contributed by atoms with van der Waals surface area (Å²) in [7, 11) is -1.84. The summed E-state index contributed by atoms with van der Waals surface area (Å²) < 4.78 is 41.5. The normalized spacial score (nSPS) is 27.7. The summed E-state index contributed by atoms with van der Waals surface area (Å²) in [5.41, 5.74) is 6.51. The van der Waals surface area contributed by atoms with Crippen LogP contribution in [0.2, 0.25) is 5.28 Å². The smallest absolute Gasteiger partial charge is 0.370 e. The second-order valence-corrected chi connectivity index (χ2v) is 10.8. The van der Waals surface area contributed by atoms with Crippen LogP contribution in [0.25, 0.3) is 11.2 Å². The van der Waals surface area contributed by atoms with Gasteiger partial charge in [-0.15, -0.1) is 5.10 Å². The first-order valence-electron chi connectivity index (χ1n) is 9.95. The lowest BCUT2D eigenvalue weighted by atomic mass is 10.1. The number of aromatic nitrogens is 5. The van der Waals surface area contributed by atoms with Gasteiger partial charge in [0.1, 0.15) is 6.10 Å². The van der Waals surface area contributed by atoms with Crippen molar-refractivity contribution in [3.05, 3.63) is 5.28 Å². The quantitative estimate of drug-likeness (QED) is 0.387. The van der Waals surface area contributed by atoms with Crippen LogP contribution in [0, 0.1) is 5.92 Å². The van der Waals surface area contributed by atoms with Gasteiger partial charge in [0.15, 0.2) is 22.8 Å². The van der Waals surface area contributed by atoms with Crippen LogP contribution in [0.4, 0.5) is 5.82 Å². The molecule has 1 aliphatic heterocycles. The summed E-state index contributed by atoms with van der Waals surface area (Å²) in [4.78, 5) is 19.8. The number of nitrogen functional groups attached to an aromatic ring is 1. The summed E-state index contributed by atoms with van der Waals surface area (Å²) in [6.45, 7) is 3.41. The Kier molecular flexibility index (Phi) is 6.37. The number of ether oxygens (including phenoxy) is 3. The fourth-order valence-corrected chi connectivity index (χ4v) is 5.53. The van der Waals surface area contributed by atoms with Crippen molar-refractivity contribution in [2.24, 2.45) is 5.92 Å². The molecule has 1 saturated heterocycles. The van der Waals surface area contributed by atoms with Crippen LogP contribution in [-0.4, -0.2) is 80.7 Å². The number of fused-ring (bicyclic) bond motifs is 2. The second-order valence-electron chi connectivity index (χ2n) is 8.14. The molecular weight excluding hydrogens is 483 g/mol. The molecule has 0 spiro atoms. The lowest BCUT2D eigenvalue weighted by molar-refractivity contribution is -0.165. The molecule has 2 aliphatic rings. The van der Waals surface area contributed by atoms with E-state index in [1.807, 2.05) is 0 Å². The second kappa shape index (κ2) is 8.69. The standard InChI is InChI=1S/C17H24ClN6O8P/c1-17(2)31-10-7(6-30-15(14(25)26)33(27,28-3)29-4)5-8(11(10)32-17)24-13-9(22-23-24)12(19)20-16(18)21-13/h7-8,10-11,15H,5-6H2,1-4H3,(H,25,26)(H2,19,20,21)/t7-,8-,10-,11+,15?/m1/s1. The van der Waals surface area contributed by atoms with Crippen LogP contribution >= 0.6 is 19.2 Å². The summed E-state index contributed by atoms with van der Waals surface area (Å²) >= 11 is 5.98. The molecular formula is C17H24ClN6O8P. The van der Waals surface area contributed by atoms with Crippen LogP contribution in [-0.2, 0) is 32.6 Å². The minimum Gasteiger partial charge on any atom is -0.479 e. The van der Waals surface area contributed by atoms with Gasteiger partial charge in [-0.3, -0.25) is 4.57 Å². The maximum absolute atomic E-state index is 12.6. The van der Waals surface area contributed by atoms with Crippen molar-refractivity contribution in [1.29, 1.82) is 0 Å². The number of carbonyl (C=O) groups is 1. The molecule has 1 saturated carbocycles. The van der Waals surface area contributed by atoms with Crippen LogP contribution in [0.15, 0.2) is 0 Å². The van der Waals surface area contributed by atoms with Crippen molar-refractivity contribution < 1.29 is 37.7 Å². The fourth-order valence-electron chi connectivity index (χ4n) is 4.28. The number of halogens is 1. The Morgan fingerprint density at radius 1 is 1.33 bits per heavy atom. The number of rotatable bonds is 8. The number of nitrogens with zero attached hydrogens (tertiary/aromatic N) is 5. The van der Waals surface area contributed by atoms with Gasteiger partial charge in [0.05, 0.1) is 18.8 Å². The van der Waals surface area contributed by atoms with Crippen molar-refractivity contribution in [3.63, 3.8) is 0 Å². The van der Waals surface area contributed by atoms with Gasteiger partial charge in [-0.1, -0.05) is 5.21 Å². The number of aliphatic carboxylic acids is 1. The van der Waals surface area contributed by atoms with E-state index in [0.29, 0.717) is 17.6 Å². The predicted octanol–water partition coefficient (Wildman–Crippen LogP) is 1.45. The van der Waals surface area contributed by atoms with E-state index in [9.17, 15) is 14.5 Å². The molecule has 5 atom stereocenters. The highest BCUT2D eigenvalue weighted by Gasteiger charge is 2.56. The number of carboxylic acids is 1. The molecule has 3 N–H and O–H groups in total. The Morgan fingerprint density at radius 3 is 2.64 bits per heavy atom. The molecule has 16 heteroatoms. The summed E-state index contributed by atoms with van der Waals surface area (Å²) in [5.74, 6) is -4.44. The molecule has 4 rings (SSSR count). The van der Waals surface area contributed by atoms with Gasteiger partial charge in [-0.05, 0) is 31.9 Å². The van der Waals surface area contributed by atoms with Gasteiger partial charge in [0.25, 0.3) is 5.85 Å². The van der Waals surface area contributed by atoms with Gasteiger partial charge < -0.3 is 34.1 Å².